The predicted molar refractivity (Wildman–Crippen MR) is 114 cm³/mol. The van der Waals surface area contributed by atoms with E-state index in [-0.39, 0.29) is 17.4 Å². The molecule has 6 nitrogen and oxygen atoms in total. The van der Waals surface area contributed by atoms with Crippen LogP contribution in [0.2, 0.25) is 0 Å². The Labute approximate surface area is 170 Å². The second kappa shape index (κ2) is 9.28. The summed E-state index contributed by atoms with van der Waals surface area (Å²) in [5, 5.41) is 3.79. The molecule has 0 saturated heterocycles. The van der Waals surface area contributed by atoms with Crippen LogP contribution in [0.25, 0.3) is 17.0 Å². The molecule has 0 aliphatic carbocycles. The number of aryl methyl sites for hydroxylation is 1. The Balaban J connectivity index is 2.02. The van der Waals surface area contributed by atoms with Crippen LogP contribution in [0.4, 0.5) is 0 Å². The molecule has 0 unspecified atom stereocenters. The summed E-state index contributed by atoms with van der Waals surface area (Å²) in [5.41, 5.74) is 2.17. The summed E-state index contributed by atoms with van der Waals surface area (Å²) in [6, 6.07) is 11.2. The maximum Gasteiger partial charge on any atom is 0.291 e. The molecule has 1 N–H and O–H groups in total. The molecule has 0 aliphatic heterocycles. The van der Waals surface area contributed by atoms with Crippen molar-refractivity contribution in [1.29, 1.82) is 0 Å². The Hall–Kier alpha value is -3.28. The van der Waals surface area contributed by atoms with Crippen molar-refractivity contribution in [3.8, 4) is 0 Å². The molecule has 6 heteroatoms. The van der Waals surface area contributed by atoms with Crippen molar-refractivity contribution in [3.63, 3.8) is 0 Å². The number of nitrogens with zero attached hydrogens (tertiary/aromatic N) is 2. The Morgan fingerprint density at radius 1 is 1.10 bits per heavy atom. The van der Waals surface area contributed by atoms with Crippen LogP contribution in [-0.4, -0.2) is 34.4 Å². The molecule has 2 aromatic heterocycles. The van der Waals surface area contributed by atoms with Gasteiger partial charge in [0.15, 0.2) is 5.76 Å². The van der Waals surface area contributed by atoms with E-state index in [0.29, 0.717) is 13.1 Å². The van der Waals surface area contributed by atoms with E-state index in [1.165, 1.54) is 6.26 Å². The summed E-state index contributed by atoms with van der Waals surface area (Å²) in [4.78, 5) is 27.7. The summed E-state index contributed by atoms with van der Waals surface area (Å²) < 4.78 is 7.20. The lowest BCUT2D eigenvalue weighted by atomic mass is 10.1. The summed E-state index contributed by atoms with van der Waals surface area (Å²) >= 11 is 0. The first-order valence-electron chi connectivity index (χ1n) is 9.95. The summed E-state index contributed by atoms with van der Waals surface area (Å²) in [6.45, 7) is 5.34. The Bertz CT molecular complexity index is 1010. The molecule has 1 aromatic carbocycles. The van der Waals surface area contributed by atoms with E-state index in [9.17, 15) is 9.59 Å². The fraction of sp³-hybridized carbons (Fsp3) is 0.304. The molecule has 0 fully saturated rings. The van der Waals surface area contributed by atoms with Gasteiger partial charge in [-0.2, -0.15) is 0 Å². The Morgan fingerprint density at radius 3 is 2.48 bits per heavy atom. The second-order valence-corrected chi connectivity index (χ2v) is 6.99. The molecule has 3 rings (SSSR count). The average molecular weight is 393 g/mol. The number of fused-ring (bicyclic) bond motifs is 1. The number of hydrogen-bond acceptors (Lipinski definition) is 3. The first-order chi connectivity index (χ1) is 14.0. The van der Waals surface area contributed by atoms with E-state index >= 15 is 0 Å². The van der Waals surface area contributed by atoms with Gasteiger partial charge in [0.05, 0.1) is 6.26 Å². The third-order valence-electron chi connectivity index (χ3n) is 4.73. The smallest absolute Gasteiger partial charge is 0.291 e. The monoisotopic (exact) mass is 393 g/mol. The lowest BCUT2D eigenvalue weighted by molar-refractivity contribution is -0.127. The third-order valence-corrected chi connectivity index (χ3v) is 4.73. The highest BCUT2D eigenvalue weighted by Crippen LogP contribution is 2.23. The number of nitrogens with one attached hydrogen (secondary N) is 1. The van der Waals surface area contributed by atoms with E-state index in [2.05, 4.69) is 5.32 Å². The fourth-order valence-corrected chi connectivity index (χ4v) is 3.41. The summed E-state index contributed by atoms with van der Waals surface area (Å²) in [6.07, 6.45) is 6.84. The molecule has 0 bridgehead atoms. The van der Waals surface area contributed by atoms with Crippen molar-refractivity contribution in [2.24, 2.45) is 7.05 Å². The standard InChI is InChI=1S/C23H27N3O3/c1-4-12-26(13-5-2)23(28)19(24-22(27)21-11-8-14-29-21)15-17-16-25(3)20-10-7-6-9-18(17)20/h6-11,14-16H,4-5,12-13H2,1-3H3,(H,24,27)/b19-15-. The number of benzene rings is 1. The van der Waals surface area contributed by atoms with E-state index in [1.807, 2.05) is 55.9 Å². The third kappa shape index (κ3) is 4.59. The number of furan rings is 1. The van der Waals surface area contributed by atoms with E-state index < -0.39 is 5.91 Å². The van der Waals surface area contributed by atoms with Crippen molar-refractivity contribution < 1.29 is 14.0 Å². The number of aromatic nitrogens is 1. The van der Waals surface area contributed by atoms with Gasteiger partial charge in [0.2, 0.25) is 0 Å². The second-order valence-electron chi connectivity index (χ2n) is 6.99. The summed E-state index contributed by atoms with van der Waals surface area (Å²) in [5.74, 6) is -0.469. The molecule has 0 radical (unpaired) electrons. The zero-order valence-electron chi connectivity index (χ0n) is 17.1. The molecule has 3 aromatic rings. The minimum atomic E-state index is -0.442. The first kappa shape index (κ1) is 20.5. The largest absolute Gasteiger partial charge is 0.459 e. The van der Waals surface area contributed by atoms with Gasteiger partial charge in [-0.05, 0) is 37.1 Å². The molecule has 2 amide bonds. The molecule has 2 heterocycles. The fourth-order valence-electron chi connectivity index (χ4n) is 3.41. The maximum atomic E-state index is 13.3. The average Bonchev–Trinajstić information content (AvgIpc) is 3.36. The molecular weight excluding hydrogens is 366 g/mol. The minimum absolute atomic E-state index is 0.166. The van der Waals surface area contributed by atoms with Gasteiger partial charge in [-0.3, -0.25) is 9.59 Å². The lowest BCUT2D eigenvalue weighted by Crippen LogP contribution is -2.39. The minimum Gasteiger partial charge on any atom is -0.459 e. The van der Waals surface area contributed by atoms with Gasteiger partial charge < -0.3 is 19.2 Å². The highest BCUT2D eigenvalue weighted by atomic mass is 16.3. The predicted octanol–water partition coefficient (Wildman–Crippen LogP) is 4.19. The van der Waals surface area contributed by atoms with Gasteiger partial charge in [0.25, 0.3) is 11.8 Å². The molecule has 0 atom stereocenters. The number of carbonyl (C=O) groups excluding carboxylic acids is 2. The molecular formula is C23H27N3O3. The van der Waals surface area contributed by atoms with Crippen LogP contribution in [-0.2, 0) is 11.8 Å². The van der Waals surface area contributed by atoms with Crippen molar-refractivity contribution in [2.45, 2.75) is 26.7 Å². The first-order valence-corrected chi connectivity index (χ1v) is 9.95. The molecule has 29 heavy (non-hydrogen) atoms. The van der Waals surface area contributed by atoms with Gasteiger partial charge in [-0.25, -0.2) is 0 Å². The lowest BCUT2D eigenvalue weighted by Gasteiger charge is -2.23. The normalized spacial score (nSPS) is 11.6. The maximum absolute atomic E-state index is 13.3. The highest BCUT2D eigenvalue weighted by Gasteiger charge is 2.21. The van der Waals surface area contributed by atoms with Crippen molar-refractivity contribution >= 4 is 28.8 Å². The van der Waals surface area contributed by atoms with Gasteiger partial charge in [0.1, 0.15) is 5.70 Å². The van der Waals surface area contributed by atoms with Gasteiger partial charge in [0, 0.05) is 42.8 Å². The number of rotatable bonds is 8. The molecule has 0 spiro atoms. The van der Waals surface area contributed by atoms with Crippen molar-refractivity contribution in [2.75, 3.05) is 13.1 Å². The quantitative estimate of drug-likeness (QED) is 0.584. The zero-order chi connectivity index (χ0) is 20.8. The van der Waals surface area contributed by atoms with Crippen LogP contribution >= 0.6 is 0 Å². The van der Waals surface area contributed by atoms with Crippen LogP contribution in [0.3, 0.4) is 0 Å². The van der Waals surface area contributed by atoms with Gasteiger partial charge >= 0.3 is 0 Å². The van der Waals surface area contributed by atoms with E-state index in [4.69, 9.17) is 4.42 Å². The van der Waals surface area contributed by atoms with Crippen molar-refractivity contribution in [3.05, 3.63) is 65.9 Å². The van der Waals surface area contributed by atoms with E-state index in [1.54, 1.807) is 23.1 Å². The summed E-state index contributed by atoms with van der Waals surface area (Å²) in [7, 11) is 1.96. The highest BCUT2D eigenvalue weighted by molar-refractivity contribution is 6.05. The number of hydrogen-bond donors (Lipinski definition) is 1. The Kier molecular flexibility index (Phi) is 6.54. The Morgan fingerprint density at radius 2 is 1.83 bits per heavy atom. The van der Waals surface area contributed by atoms with Crippen LogP contribution in [0.15, 0.2) is 59.0 Å². The van der Waals surface area contributed by atoms with Crippen molar-refractivity contribution in [1.82, 2.24) is 14.8 Å². The number of carbonyl (C=O) groups is 2. The number of para-hydroxylation sites is 1. The molecule has 0 aliphatic rings. The van der Waals surface area contributed by atoms with Crippen LogP contribution in [0.1, 0.15) is 42.8 Å². The van der Waals surface area contributed by atoms with Gasteiger partial charge in [-0.1, -0.05) is 32.0 Å². The van der Waals surface area contributed by atoms with Crippen LogP contribution in [0.5, 0.6) is 0 Å². The van der Waals surface area contributed by atoms with Gasteiger partial charge in [-0.15, -0.1) is 0 Å². The van der Waals surface area contributed by atoms with Crippen LogP contribution in [0, 0.1) is 0 Å². The van der Waals surface area contributed by atoms with Crippen LogP contribution < -0.4 is 5.32 Å². The van der Waals surface area contributed by atoms with E-state index in [0.717, 1.165) is 29.3 Å². The SMILES string of the molecule is CCCN(CCC)C(=O)/C(=C/c1cn(C)c2ccccc12)NC(=O)c1ccco1. The molecule has 0 saturated carbocycles. The topological polar surface area (TPSA) is 67.5 Å². The molecule has 152 valence electrons. The zero-order valence-corrected chi connectivity index (χ0v) is 17.1. The number of amides is 2.